The topological polar surface area (TPSA) is 20.2 Å². The van der Waals surface area contributed by atoms with E-state index in [1.165, 1.54) is 12.1 Å². The van der Waals surface area contributed by atoms with E-state index in [0.717, 1.165) is 16.4 Å². The maximum atomic E-state index is 12.9. The molecule has 1 rings (SSSR count). The fraction of sp³-hybridized carbons (Fsp3) is 0.300. The number of aliphatic hydroxyl groups is 1. The normalized spacial score (nSPS) is 10.8. The van der Waals surface area contributed by atoms with Gasteiger partial charge in [-0.3, -0.25) is 0 Å². The van der Waals surface area contributed by atoms with Crippen molar-refractivity contribution in [3.8, 4) is 0 Å². The van der Waals surface area contributed by atoms with Crippen molar-refractivity contribution in [3.05, 3.63) is 35.5 Å². The maximum Gasteiger partial charge on any atom is 0.123 e. The summed E-state index contributed by atoms with van der Waals surface area (Å²) in [5.74, 6) is 0.532. The molecule has 0 aliphatic rings. The molecular weight excluding hydrogens is 187 g/mol. The Balaban J connectivity index is 3.07. The summed E-state index contributed by atoms with van der Waals surface area (Å²) < 4.78 is 12.9. The summed E-state index contributed by atoms with van der Waals surface area (Å²) in [7, 11) is 0. The van der Waals surface area contributed by atoms with E-state index in [1.807, 2.05) is 6.26 Å². The molecule has 1 aromatic carbocycles. The van der Waals surface area contributed by atoms with Crippen molar-refractivity contribution in [1.82, 2.24) is 0 Å². The van der Waals surface area contributed by atoms with Crippen molar-refractivity contribution in [1.29, 1.82) is 0 Å². The molecule has 0 aliphatic heterocycles. The van der Waals surface area contributed by atoms with Crippen molar-refractivity contribution in [2.75, 3.05) is 12.9 Å². The van der Waals surface area contributed by atoms with Gasteiger partial charge in [-0.2, -0.15) is 0 Å². The monoisotopic (exact) mass is 199 g/mol. The van der Waals surface area contributed by atoms with E-state index in [1.54, 1.807) is 24.8 Å². The van der Waals surface area contributed by atoms with Crippen LogP contribution in [0.1, 0.15) is 12.5 Å². The number of hydrogen-bond acceptors (Lipinski definition) is 2. The van der Waals surface area contributed by atoms with Crippen LogP contribution in [0.2, 0.25) is 0 Å². The molecule has 0 fully saturated rings. The summed E-state index contributed by atoms with van der Waals surface area (Å²) in [5, 5.41) is 8.93. The highest BCUT2D eigenvalue weighted by molar-refractivity contribution is 7.98. The Morgan fingerprint density at radius 3 is 2.77 bits per heavy atom. The van der Waals surface area contributed by atoms with Gasteiger partial charge in [0.25, 0.3) is 0 Å². The van der Waals surface area contributed by atoms with Gasteiger partial charge >= 0.3 is 0 Å². The number of benzene rings is 1. The molecule has 1 nitrogen and oxygen atoms in total. The highest BCUT2D eigenvalue weighted by Gasteiger charge is 2.10. The van der Waals surface area contributed by atoms with Gasteiger partial charge in [0.2, 0.25) is 0 Å². The third-order valence-corrected chi connectivity index (χ3v) is 2.65. The van der Waals surface area contributed by atoms with Crippen LogP contribution in [0.25, 0.3) is 0 Å². The Labute approximate surface area is 82.0 Å². The van der Waals surface area contributed by atoms with Gasteiger partial charge in [-0.1, -0.05) is 6.92 Å². The Kier molecular flexibility index (Phi) is 3.75. The number of hydrogen-bond donors (Lipinski definition) is 1. The zero-order valence-electron chi connectivity index (χ0n) is 7.67. The second kappa shape index (κ2) is 4.63. The number of rotatable bonds is 3. The molecule has 71 valence electrons. The summed E-state index contributed by atoms with van der Waals surface area (Å²) in [6, 6.07) is 4.62. The molecule has 13 heavy (non-hydrogen) atoms. The van der Waals surface area contributed by atoms with Crippen LogP contribution in [-0.4, -0.2) is 18.0 Å². The highest BCUT2D eigenvalue weighted by Crippen LogP contribution is 2.26. The molecule has 0 unspecified atom stereocenters. The smallest absolute Gasteiger partial charge is 0.123 e. The van der Waals surface area contributed by atoms with Crippen molar-refractivity contribution in [3.63, 3.8) is 0 Å². The molecule has 0 aliphatic carbocycles. The van der Waals surface area contributed by atoms with Gasteiger partial charge in [0.1, 0.15) is 5.82 Å². The van der Waals surface area contributed by atoms with E-state index >= 15 is 0 Å². The van der Waals surface area contributed by atoms with Crippen LogP contribution >= 0.6 is 11.8 Å². The van der Waals surface area contributed by atoms with Gasteiger partial charge < -0.3 is 5.11 Å². The Hall–Kier alpha value is -0.540. The molecule has 0 saturated heterocycles. The lowest BCUT2D eigenvalue weighted by Crippen LogP contribution is -2.02. The lowest BCUT2D eigenvalue weighted by Gasteiger charge is -2.11. The molecule has 1 N–H and O–H groups in total. The van der Waals surface area contributed by atoms with Crippen molar-refractivity contribution in [2.24, 2.45) is 0 Å². The minimum atomic E-state index is -0.263. The Morgan fingerprint density at radius 2 is 2.23 bits per heavy atom. The molecule has 0 heterocycles. The predicted octanol–water partition coefficient (Wildman–Crippen LogP) is 2.48. The minimum Gasteiger partial charge on any atom is -0.395 e. The van der Waals surface area contributed by atoms with Crippen molar-refractivity contribution >= 4 is 11.8 Å². The van der Waals surface area contributed by atoms with Gasteiger partial charge in [-0.05, 0) is 30.0 Å². The molecule has 0 aromatic heterocycles. The summed E-state index contributed by atoms with van der Waals surface area (Å²) in [5.41, 5.74) is 0.801. The van der Waals surface area contributed by atoms with Gasteiger partial charge in [0.05, 0.1) is 6.61 Å². The first-order chi connectivity index (χ1) is 6.19. The van der Waals surface area contributed by atoms with E-state index in [9.17, 15) is 4.39 Å². The van der Waals surface area contributed by atoms with E-state index in [0.29, 0.717) is 0 Å². The van der Waals surface area contributed by atoms with Crippen molar-refractivity contribution < 1.29 is 9.50 Å². The van der Waals surface area contributed by atoms with Gasteiger partial charge in [0, 0.05) is 10.8 Å². The third-order valence-electron chi connectivity index (χ3n) is 1.86. The van der Waals surface area contributed by atoms with Crippen LogP contribution in [0.5, 0.6) is 0 Å². The molecule has 0 atom stereocenters. The summed E-state index contributed by atoms with van der Waals surface area (Å²) in [6.07, 6.45) is 1.93. The van der Waals surface area contributed by atoms with Gasteiger partial charge in [0.15, 0.2) is 0 Å². The average molecular weight is 199 g/mol. The van der Waals surface area contributed by atoms with Crippen LogP contribution < -0.4 is 0 Å². The second-order valence-electron chi connectivity index (χ2n) is 2.78. The van der Waals surface area contributed by atoms with Gasteiger partial charge in [-0.25, -0.2) is 4.39 Å². The SMILES string of the molecule is CSc1ccc(F)cc1[C](C)CO. The van der Waals surface area contributed by atoms with Crippen LogP contribution in [-0.2, 0) is 0 Å². The third kappa shape index (κ3) is 2.45. The lowest BCUT2D eigenvalue weighted by molar-refractivity contribution is 0.314. The summed E-state index contributed by atoms with van der Waals surface area (Å²) >= 11 is 1.55. The molecule has 0 bridgehead atoms. The number of aliphatic hydroxyl groups excluding tert-OH is 1. The quantitative estimate of drug-likeness (QED) is 0.755. The standard InChI is InChI=1S/C10H12FOS/c1-7(6-12)9-5-8(11)3-4-10(9)13-2/h3-5,12H,6H2,1-2H3. The first kappa shape index (κ1) is 10.5. The first-order valence-electron chi connectivity index (χ1n) is 3.96. The second-order valence-corrected chi connectivity index (χ2v) is 3.63. The molecule has 1 aromatic rings. The average Bonchev–Trinajstić information content (AvgIpc) is 2.16. The fourth-order valence-corrected chi connectivity index (χ4v) is 1.76. The molecule has 0 spiro atoms. The fourth-order valence-electron chi connectivity index (χ4n) is 1.10. The molecule has 0 saturated carbocycles. The minimum absolute atomic E-state index is 0.0307. The maximum absolute atomic E-state index is 12.9. The van der Waals surface area contributed by atoms with Crippen LogP contribution in [0.3, 0.4) is 0 Å². The number of halogens is 1. The summed E-state index contributed by atoms with van der Waals surface area (Å²) in [6.45, 7) is 1.77. The predicted molar refractivity (Wildman–Crippen MR) is 53.3 cm³/mol. The molecule has 0 amide bonds. The van der Waals surface area contributed by atoms with Gasteiger partial charge in [-0.15, -0.1) is 11.8 Å². The molecule has 3 heteroatoms. The van der Waals surface area contributed by atoms with E-state index in [4.69, 9.17) is 5.11 Å². The Bertz CT molecular complexity index is 288. The highest BCUT2D eigenvalue weighted by atomic mass is 32.2. The van der Waals surface area contributed by atoms with Crippen LogP contribution in [0.15, 0.2) is 23.1 Å². The van der Waals surface area contributed by atoms with E-state index in [2.05, 4.69) is 0 Å². The molecule has 1 radical (unpaired) electrons. The zero-order chi connectivity index (χ0) is 9.84. The lowest BCUT2D eigenvalue weighted by atomic mass is 10.0. The van der Waals surface area contributed by atoms with E-state index < -0.39 is 0 Å². The van der Waals surface area contributed by atoms with Crippen LogP contribution in [0.4, 0.5) is 4.39 Å². The Morgan fingerprint density at radius 1 is 1.54 bits per heavy atom. The number of thioether (sulfide) groups is 1. The largest absolute Gasteiger partial charge is 0.395 e. The van der Waals surface area contributed by atoms with E-state index in [-0.39, 0.29) is 12.4 Å². The summed E-state index contributed by atoms with van der Waals surface area (Å²) in [4.78, 5) is 0.993. The first-order valence-corrected chi connectivity index (χ1v) is 5.18. The molecular formula is C10H12FOS. The van der Waals surface area contributed by atoms with Crippen LogP contribution in [0, 0.1) is 11.7 Å². The zero-order valence-corrected chi connectivity index (χ0v) is 8.49. The van der Waals surface area contributed by atoms with Crippen molar-refractivity contribution in [2.45, 2.75) is 11.8 Å².